The molecule has 1 aromatic heterocycles. The zero-order valence-corrected chi connectivity index (χ0v) is 12.0. The summed E-state index contributed by atoms with van der Waals surface area (Å²) in [4.78, 5) is 16.5. The predicted molar refractivity (Wildman–Crippen MR) is 81.9 cm³/mol. The number of benzene rings is 1. The second-order valence-corrected chi connectivity index (χ2v) is 4.81. The van der Waals surface area contributed by atoms with E-state index in [-0.39, 0.29) is 5.91 Å². The molecule has 0 aliphatic carbocycles. The van der Waals surface area contributed by atoms with Gasteiger partial charge < -0.3 is 11.1 Å². The molecule has 0 saturated carbocycles. The largest absolute Gasteiger partial charge is 0.398 e. The van der Waals surface area contributed by atoms with E-state index in [4.69, 9.17) is 5.73 Å². The fraction of sp³-hybridized carbons (Fsp3) is 0.250. The molecule has 0 saturated heterocycles. The van der Waals surface area contributed by atoms with E-state index in [9.17, 15) is 4.79 Å². The molecule has 0 bridgehead atoms. The third kappa shape index (κ3) is 2.96. The van der Waals surface area contributed by atoms with Crippen molar-refractivity contribution in [2.75, 3.05) is 11.1 Å². The second-order valence-electron chi connectivity index (χ2n) is 4.81. The van der Waals surface area contributed by atoms with Gasteiger partial charge in [-0.15, -0.1) is 0 Å². The number of carbonyl (C=O) groups excluding carboxylic acids is 1. The minimum atomic E-state index is -0.168. The smallest absolute Gasteiger partial charge is 0.257 e. The van der Waals surface area contributed by atoms with Crippen LogP contribution >= 0.6 is 0 Å². The van der Waals surface area contributed by atoms with Gasteiger partial charge in [0.1, 0.15) is 0 Å². The number of hydrogen-bond donors (Lipinski definition) is 2. The van der Waals surface area contributed by atoms with E-state index in [1.165, 1.54) is 0 Å². The molecule has 0 atom stereocenters. The summed E-state index contributed by atoms with van der Waals surface area (Å²) in [6, 6.07) is 9.20. The van der Waals surface area contributed by atoms with Crippen LogP contribution in [0.4, 0.5) is 11.4 Å². The highest BCUT2D eigenvalue weighted by molar-refractivity contribution is 6.05. The van der Waals surface area contributed by atoms with Crippen LogP contribution in [0.25, 0.3) is 0 Å². The van der Waals surface area contributed by atoms with Crippen molar-refractivity contribution in [1.29, 1.82) is 0 Å². The number of aromatic nitrogens is 1. The number of nitrogens with two attached hydrogens (primary N) is 1. The summed E-state index contributed by atoms with van der Waals surface area (Å²) in [5.41, 5.74) is 10.6. The minimum Gasteiger partial charge on any atom is -0.398 e. The van der Waals surface area contributed by atoms with Gasteiger partial charge in [0.05, 0.1) is 11.3 Å². The van der Waals surface area contributed by atoms with E-state index in [0.29, 0.717) is 16.9 Å². The number of aryl methyl sites for hydroxylation is 3. The van der Waals surface area contributed by atoms with E-state index >= 15 is 0 Å². The molecule has 104 valence electrons. The van der Waals surface area contributed by atoms with E-state index in [1.54, 1.807) is 12.1 Å². The average Bonchev–Trinajstić information content (AvgIpc) is 2.38. The van der Waals surface area contributed by atoms with Crippen LogP contribution in [0.1, 0.15) is 34.2 Å². The van der Waals surface area contributed by atoms with Crippen LogP contribution in [0.5, 0.6) is 0 Å². The fourth-order valence-electron chi connectivity index (χ4n) is 2.12. The van der Waals surface area contributed by atoms with Crippen molar-refractivity contribution in [1.82, 2.24) is 4.98 Å². The number of nitrogen functional groups attached to an aromatic ring is 1. The highest BCUT2D eigenvalue weighted by Crippen LogP contribution is 2.19. The van der Waals surface area contributed by atoms with Gasteiger partial charge in [0, 0.05) is 17.1 Å². The first-order valence-electron chi connectivity index (χ1n) is 6.65. The lowest BCUT2D eigenvalue weighted by Crippen LogP contribution is -2.14. The molecular weight excluding hydrogens is 250 g/mol. The molecule has 2 rings (SSSR count). The molecule has 2 aromatic rings. The van der Waals surface area contributed by atoms with Gasteiger partial charge in [0.2, 0.25) is 0 Å². The Bertz CT molecular complexity index is 650. The maximum absolute atomic E-state index is 12.2. The molecule has 0 spiro atoms. The molecule has 1 aromatic carbocycles. The minimum absolute atomic E-state index is 0.168. The number of amides is 1. The van der Waals surface area contributed by atoms with Crippen LogP contribution in [0.3, 0.4) is 0 Å². The molecule has 1 heterocycles. The lowest BCUT2D eigenvalue weighted by molar-refractivity contribution is 0.102. The molecule has 0 radical (unpaired) electrons. The van der Waals surface area contributed by atoms with Crippen LogP contribution in [0.2, 0.25) is 0 Å². The Balaban J connectivity index is 2.21. The number of hydrogen-bond acceptors (Lipinski definition) is 3. The van der Waals surface area contributed by atoms with Gasteiger partial charge in [0.25, 0.3) is 5.91 Å². The monoisotopic (exact) mass is 269 g/mol. The maximum Gasteiger partial charge on any atom is 0.257 e. The highest BCUT2D eigenvalue weighted by Gasteiger charge is 2.10. The van der Waals surface area contributed by atoms with Crippen molar-refractivity contribution < 1.29 is 4.79 Å². The number of nitrogens with zero attached hydrogens (tertiary/aromatic N) is 1. The van der Waals surface area contributed by atoms with E-state index < -0.39 is 0 Å². The van der Waals surface area contributed by atoms with Crippen LogP contribution in [-0.4, -0.2) is 10.9 Å². The van der Waals surface area contributed by atoms with Crippen LogP contribution in [-0.2, 0) is 6.42 Å². The fourth-order valence-corrected chi connectivity index (χ4v) is 2.12. The average molecular weight is 269 g/mol. The molecule has 0 aliphatic rings. The van der Waals surface area contributed by atoms with Crippen molar-refractivity contribution in [3.63, 3.8) is 0 Å². The zero-order chi connectivity index (χ0) is 14.7. The van der Waals surface area contributed by atoms with E-state index in [2.05, 4.69) is 10.3 Å². The van der Waals surface area contributed by atoms with Crippen molar-refractivity contribution in [3.8, 4) is 0 Å². The van der Waals surface area contributed by atoms with Gasteiger partial charge in [-0.25, -0.2) is 0 Å². The summed E-state index contributed by atoms with van der Waals surface area (Å²) < 4.78 is 0. The third-order valence-electron chi connectivity index (χ3n) is 3.25. The second kappa shape index (κ2) is 5.74. The maximum atomic E-state index is 12.2. The summed E-state index contributed by atoms with van der Waals surface area (Å²) in [5, 5.41) is 2.85. The van der Waals surface area contributed by atoms with Crippen molar-refractivity contribution in [3.05, 3.63) is 52.8 Å². The van der Waals surface area contributed by atoms with Crippen molar-refractivity contribution in [2.45, 2.75) is 27.2 Å². The Hall–Kier alpha value is -2.36. The molecule has 20 heavy (non-hydrogen) atoms. The van der Waals surface area contributed by atoms with Gasteiger partial charge in [-0.1, -0.05) is 13.0 Å². The van der Waals surface area contributed by atoms with Gasteiger partial charge in [-0.05, 0) is 50.1 Å². The number of rotatable bonds is 3. The summed E-state index contributed by atoms with van der Waals surface area (Å²) >= 11 is 0. The lowest BCUT2D eigenvalue weighted by Gasteiger charge is -2.10. The van der Waals surface area contributed by atoms with Crippen LogP contribution in [0, 0.1) is 13.8 Å². The molecule has 0 fully saturated rings. The zero-order valence-electron chi connectivity index (χ0n) is 12.0. The molecule has 0 unspecified atom stereocenters. The lowest BCUT2D eigenvalue weighted by atomic mass is 10.1. The number of nitrogens with one attached hydrogen (secondary N) is 1. The molecular formula is C16H19N3O. The Morgan fingerprint density at radius 3 is 2.60 bits per heavy atom. The Morgan fingerprint density at radius 1 is 1.25 bits per heavy atom. The standard InChI is InChI=1S/C16H19N3O/c1-4-12-6-7-13(9-15(12)17)19-16(20)14-8-5-10(2)18-11(14)3/h5-9H,4,17H2,1-3H3,(H,19,20). The first kappa shape index (κ1) is 14.1. The summed E-state index contributed by atoms with van der Waals surface area (Å²) in [6.07, 6.45) is 0.876. The normalized spacial score (nSPS) is 10.3. The topological polar surface area (TPSA) is 68.0 Å². The third-order valence-corrected chi connectivity index (χ3v) is 3.25. The van der Waals surface area contributed by atoms with Crippen molar-refractivity contribution >= 4 is 17.3 Å². The van der Waals surface area contributed by atoms with Gasteiger partial charge >= 0.3 is 0 Å². The summed E-state index contributed by atoms with van der Waals surface area (Å²) in [7, 11) is 0. The quantitative estimate of drug-likeness (QED) is 0.841. The first-order chi connectivity index (χ1) is 9.51. The first-order valence-corrected chi connectivity index (χ1v) is 6.65. The Labute approximate surface area is 119 Å². The SMILES string of the molecule is CCc1ccc(NC(=O)c2ccc(C)nc2C)cc1N. The molecule has 1 amide bonds. The highest BCUT2D eigenvalue weighted by atomic mass is 16.1. The number of carbonyl (C=O) groups is 1. The Kier molecular flexibility index (Phi) is 4.03. The van der Waals surface area contributed by atoms with Gasteiger partial charge in [0.15, 0.2) is 0 Å². The molecule has 4 heteroatoms. The van der Waals surface area contributed by atoms with Gasteiger partial charge in [-0.2, -0.15) is 0 Å². The summed E-state index contributed by atoms with van der Waals surface area (Å²) in [6.45, 7) is 5.78. The van der Waals surface area contributed by atoms with Crippen LogP contribution < -0.4 is 11.1 Å². The molecule has 0 aliphatic heterocycles. The number of pyridine rings is 1. The van der Waals surface area contributed by atoms with Crippen molar-refractivity contribution in [2.24, 2.45) is 0 Å². The van der Waals surface area contributed by atoms with E-state index in [1.807, 2.05) is 39.0 Å². The van der Waals surface area contributed by atoms with Gasteiger partial charge in [-0.3, -0.25) is 9.78 Å². The predicted octanol–water partition coefficient (Wildman–Crippen LogP) is 3.10. The summed E-state index contributed by atoms with van der Waals surface area (Å²) in [5.74, 6) is -0.168. The molecule has 3 N–H and O–H groups in total. The number of anilines is 2. The van der Waals surface area contributed by atoms with E-state index in [0.717, 1.165) is 23.4 Å². The van der Waals surface area contributed by atoms with Crippen LogP contribution in [0.15, 0.2) is 30.3 Å². The Morgan fingerprint density at radius 2 is 2.00 bits per heavy atom. The molecule has 4 nitrogen and oxygen atoms in total.